The van der Waals surface area contributed by atoms with E-state index >= 15 is 0 Å². The molecule has 0 saturated carbocycles. The van der Waals surface area contributed by atoms with Crippen LogP contribution >= 0.6 is 23.4 Å². The van der Waals surface area contributed by atoms with Gasteiger partial charge in [0.15, 0.2) is 0 Å². The van der Waals surface area contributed by atoms with E-state index in [-0.39, 0.29) is 11.9 Å². The van der Waals surface area contributed by atoms with Gasteiger partial charge in [-0.3, -0.25) is 4.79 Å². The molecule has 0 radical (unpaired) electrons. The summed E-state index contributed by atoms with van der Waals surface area (Å²) >= 11 is 7.15. The van der Waals surface area contributed by atoms with Crippen molar-refractivity contribution in [2.45, 2.75) is 11.1 Å². The largest absolute Gasteiger partial charge is 0.368 e. The summed E-state index contributed by atoms with van der Waals surface area (Å²) in [6.45, 7) is 0. The van der Waals surface area contributed by atoms with Crippen LogP contribution in [0.3, 0.4) is 0 Å². The van der Waals surface area contributed by atoms with E-state index in [2.05, 4.69) is 10.3 Å². The van der Waals surface area contributed by atoms with Crippen molar-refractivity contribution in [2.24, 2.45) is 5.73 Å². The number of halogens is 1. The Hall–Kier alpha value is -0.780. The van der Waals surface area contributed by atoms with Gasteiger partial charge in [0, 0.05) is 11.9 Å². The third-order valence-corrected chi connectivity index (χ3v) is 3.05. The fourth-order valence-electron chi connectivity index (χ4n) is 0.924. The number of thioether (sulfide) groups is 1. The van der Waals surface area contributed by atoms with Crippen LogP contribution in [-0.2, 0) is 4.79 Å². The van der Waals surface area contributed by atoms with Gasteiger partial charge in [0.1, 0.15) is 0 Å². The van der Waals surface area contributed by atoms with Gasteiger partial charge in [0.2, 0.25) is 5.91 Å². The van der Waals surface area contributed by atoms with Crippen molar-refractivity contribution in [2.75, 3.05) is 12.8 Å². The van der Waals surface area contributed by atoms with Crippen LogP contribution in [0.5, 0.6) is 0 Å². The molecule has 1 aromatic rings. The van der Waals surface area contributed by atoms with Crippen LogP contribution in [0, 0.1) is 0 Å². The third-order valence-electron chi connectivity index (χ3n) is 1.79. The lowest BCUT2D eigenvalue weighted by atomic mass is 10.3. The summed E-state index contributed by atoms with van der Waals surface area (Å²) in [6.07, 6.45) is 1.57. The number of amides is 1. The number of aromatic nitrogens is 1. The van der Waals surface area contributed by atoms with Gasteiger partial charge in [0.05, 0.1) is 16.1 Å². The minimum atomic E-state index is -0.362. The number of nitrogens with zero attached hydrogens (tertiary/aromatic N) is 1. The lowest BCUT2D eigenvalue weighted by Gasteiger charge is -2.10. The van der Waals surface area contributed by atoms with Gasteiger partial charge >= 0.3 is 0 Å². The molecule has 0 spiro atoms. The van der Waals surface area contributed by atoms with Crippen LogP contribution in [0.4, 0.5) is 0 Å². The molecule has 0 aliphatic rings. The van der Waals surface area contributed by atoms with E-state index in [1.807, 2.05) is 0 Å². The molecule has 0 saturated heterocycles. The summed E-state index contributed by atoms with van der Waals surface area (Å²) < 4.78 is 0. The fourth-order valence-corrected chi connectivity index (χ4v) is 2.00. The molecule has 0 aliphatic heterocycles. The Morgan fingerprint density at radius 2 is 2.47 bits per heavy atom. The van der Waals surface area contributed by atoms with E-state index in [9.17, 15) is 4.79 Å². The number of carbonyl (C=O) groups excluding carboxylic acids is 1. The van der Waals surface area contributed by atoms with Crippen molar-refractivity contribution < 1.29 is 4.79 Å². The molecule has 0 aromatic carbocycles. The Bertz CT molecular complexity index is 331. The second-order valence-corrected chi connectivity index (χ2v) is 4.35. The van der Waals surface area contributed by atoms with Crippen LogP contribution < -0.4 is 11.1 Å². The van der Waals surface area contributed by atoms with Gasteiger partial charge in [-0.15, -0.1) is 11.8 Å². The Morgan fingerprint density at radius 1 is 1.73 bits per heavy atom. The van der Waals surface area contributed by atoms with Gasteiger partial charge < -0.3 is 11.1 Å². The van der Waals surface area contributed by atoms with E-state index < -0.39 is 0 Å². The Balaban J connectivity index is 2.49. The molecule has 1 amide bonds. The summed E-state index contributed by atoms with van der Waals surface area (Å²) in [5.41, 5.74) is 5.18. The molecule has 15 heavy (non-hydrogen) atoms. The number of rotatable bonds is 5. The van der Waals surface area contributed by atoms with Crippen molar-refractivity contribution in [1.29, 1.82) is 0 Å². The SMILES string of the molecule is CNC(CSc1ccc(Cl)cn1)C(N)=O. The van der Waals surface area contributed by atoms with Crippen molar-refractivity contribution in [3.8, 4) is 0 Å². The van der Waals surface area contributed by atoms with E-state index in [0.717, 1.165) is 5.03 Å². The third kappa shape index (κ3) is 4.07. The molecular formula is C9H12ClN3OS. The monoisotopic (exact) mass is 245 g/mol. The highest BCUT2D eigenvalue weighted by molar-refractivity contribution is 7.99. The molecule has 82 valence electrons. The number of carbonyl (C=O) groups is 1. The van der Waals surface area contributed by atoms with Gasteiger partial charge in [-0.25, -0.2) is 4.98 Å². The van der Waals surface area contributed by atoms with Crippen LogP contribution in [0.25, 0.3) is 0 Å². The van der Waals surface area contributed by atoms with Crippen molar-refractivity contribution >= 4 is 29.3 Å². The van der Waals surface area contributed by atoms with E-state index in [4.69, 9.17) is 17.3 Å². The molecule has 1 aromatic heterocycles. The number of likely N-dealkylation sites (N-methyl/N-ethyl adjacent to an activating group) is 1. The highest BCUT2D eigenvalue weighted by atomic mass is 35.5. The number of pyridine rings is 1. The van der Waals surface area contributed by atoms with E-state index in [0.29, 0.717) is 10.8 Å². The quantitative estimate of drug-likeness (QED) is 0.757. The molecule has 1 atom stereocenters. The first kappa shape index (κ1) is 12.3. The summed E-state index contributed by atoms with van der Waals surface area (Å²) in [5.74, 6) is 0.194. The van der Waals surface area contributed by atoms with E-state index in [1.165, 1.54) is 11.8 Å². The maximum Gasteiger partial charge on any atom is 0.235 e. The molecule has 0 bridgehead atoms. The first-order valence-electron chi connectivity index (χ1n) is 4.34. The maximum absolute atomic E-state index is 10.9. The molecular weight excluding hydrogens is 234 g/mol. The van der Waals surface area contributed by atoms with Crippen molar-refractivity contribution in [3.05, 3.63) is 23.4 Å². The summed E-state index contributed by atoms with van der Waals surface area (Å²) in [5, 5.41) is 4.25. The summed E-state index contributed by atoms with van der Waals surface area (Å²) in [7, 11) is 1.70. The highest BCUT2D eigenvalue weighted by Crippen LogP contribution is 2.17. The summed E-state index contributed by atoms with van der Waals surface area (Å²) in [6, 6.07) is 3.23. The van der Waals surface area contributed by atoms with E-state index in [1.54, 1.807) is 25.4 Å². The predicted molar refractivity (Wildman–Crippen MR) is 62.0 cm³/mol. The fraction of sp³-hybridized carbons (Fsp3) is 0.333. The number of nitrogens with one attached hydrogen (secondary N) is 1. The lowest BCUT2D eigenvalue weighted by molar-refractivity contribution is -0.119. The molecule has 6 heteroatoms. The minimum Gasteiger partial charge on any atom is -0.368 e. The van der Waals surface area contributed by atoms with Crippen molar-refractivity contribution in [1.82, 2.24) is 10.3 Å². The first-order valence-corrected chi connectivity index (χ1v) is 5.70. The Labute approximate surface area is 97.6 Å². The molecule has 3 N–H and O–H groups in total. The summed E-state index contributed by atoms with van der Waals surface area (Å²) in [4.78, 5) is 15.0. The number of hydrogen-bond donors (Lipinski definition) is 2. The van der Waals surface area contributed by atoms with Crippen LogP contribution in [0.1, 0.15) is 0 Å². The molecule has 1 unspecified atom stereocenters. The zero-order valence-electron chi connectivity index (χ0n) is 8.24. The second kappa shape index (κ2) is 5.95. The first-order chi connectivity index (χ1) is 7.13. The molecule has 1 heterocycles. The zero-order valence-corrected chi connectivity index (χ0v) is 9.81. The second-order valence-electron chi connectivity index (χ2n) is 2.87. The molecule has 0 fully saturated rings. The van der Waals surface area contributed by atoms with Crippen molar-refractivity contribution in [3.63, 3.8) is 0 Å². The van der Waals surface area contributed by atoms with Gasteiger partial charge in [-0.05, 0) is 19.2 Å². The Morgan fingerprint density at radius 3 is 2.93 bits per heavy atom. The highest BCUT2D eigenvalue weighted by Gasteiger charge is 2.12. The van der Waals surface area contributed by atoms with Gasteiger partial charge in [-0.1, -0.05) is 11.6 Å². The topological polar surface area (TPSA) is 68.0 Å². The molecule has 4 nitrogen and oxygen atoms in total. The number of nitrogens with two attached hydrogens (primary N) is 1. The number of hydrogen-bond acceptors (Lipinski definition) is 4. The van der Waals surface area contributed by atoms with Crippen LogP contribution in [0.15, 0.2) is 23.4 Å². The lowest BCUT2D eigenvalue weighted by Crippen LogP contribution is -2.41. The van der Waals surface area contributed by atoms with Crippen LogP contribution in [-0.4, -0.2) is 29.7 Å². The average Bonchev–Trinajstić information content (AvgIpc) is 2.21. The molecule has 1 rings (SSSR count). The minimum absolute atomic E-state index is 0.340. The molecule has 0 aliphatic carbocycles. The Kier molecular flexibility index (Phi) is 4.87. The predicted octanol–water partition coefficient (Wildman–Crippen LogP) is 0.900. The van der Waals surface area contributed by atoms with Gasteiger partial charge in [0.25, 0.3) is 0 Å². The average molecular weight is 246 g/mol. The maximum atomic E-state index is 10.9. The standard InChI is InChI=1S/C9H12ClN3OS/c1-12-7(9(11)14)5-15-8-3-2-6(10)4-13-8/h2-4,7,12H,5H2,1H3,(H2,11,14). The number of primary amides is 1. The smallest absolute Gasteiger partial charge is 0.235 e. The van der Waals surface area contributed by atoms with Crippen LogP contribution in [0.2, 0.25) is 5.02 Å². The zero-order chi connectivity index (χ0) is 11.3. The van der Waals surface area contributed by atoms with Gasteiger partial charge in [-0.2, -0.15) is 0 Å². The normalized spacial score (nSPS) is 12.4.